The van der Waals surface area contributed by atoms with Crippen LogP contribution in [0.4, 0.5) is 0 Å². The second-order valence-electron chi connectivity index (χ2n) is 12.5. The molecular formula is C38H47N5O8. The number of carboxylic acid groups (broad SMARTS) is 2. The molecule has 272 valence electrons. The van der Waals surface area contributed by atoms with E-state index in [1.54, 1.807) is 0 Å². The summed E-state index contributed by atoms with van der Waals surface area (Å²) >= 11 is 0. The lowest BCUT2D eigenvalue weighted by atomic mass is 9.98. The summed E-state index contributed by atoms with van der Waals surface area (Å²) in [6.07, 6.45) is 2.37. The van der Waals surface area contributed by atoms with Crippen LogP contribution in [0.15, 0.2) is 24.3 Å². The lowest BCUT2D eigenvalue weighted by molar-refractivity contribution is -0.142. The first-order chi connectivity index (χ1) is 24.3. The number of aliphatic hydroxyl groups excluding tert-OH is 3. The molecule has 0 saturated heterocycles. The highest BCUT2D eigenvalue weighted by Crippen LogP contribution is 2.38. The molecule has 0 fully saturated rings. The zero-order valence-corrected chi connectivity index (χ0v) is 30.0. The van der Waals surface area contributed by atoms with E-state index in [1.165, 1.54) is 16.7 Å². The second-order valence-corrected chi connectivity index (χ2v) is 12.5. The fraction of sp³-hybridized carbons (Fsp3) is 0.395. The molecule has 0 radical (unpaired) electrons. The Morgan fingerprint density at radius 1 is 0.627 bits per heavy atom. The number of aromatic nitrogens is 4. The summed E-state index contributed by atoms with van der Waals surface area (Å²) in [5, 5.41) is 43.6. The molecule has 0 aliphatic carbocycles. The van der Waals surface area contributed by atoms with Gasteiger partial charge in [-0.1, -0.05) is 13.8 Å². The summed E-state index contributed by atoms with van der Waals surface area (Å²) in [5.41, 5.74) is 15.4. The molecule has 3 aromatic heterocycles. The number of aliphatic carboxylic acids is 2. The fourth-order valence-corrected chi connectivity index (χ4v) is 6.52. The Morgan fingerprint density at radius 2 is 1.04 bits per heavy atom. The largest absolute Gasteiger partial charge is 0.481 e. The van der Waals surface area contributed by atoms with Crippen LogP contribution in [0, 0.1) is 13.8 Å². The van der Waals surface area contributed by atoms with Crippen molar-refractivity contribution in [1.29, 1.82) is 0 Å². The van der Waals surface area contributed by atoms with Gasteiger partial charge in [0.05, 0.1) is 22.8 Å². The number of carbonyl (C=O) groups is 3. The number of carboxylic acids is 2. The number of rotatable bonds is 11. The van der Waals surface area contributed by atoms with Gasteiger partial charge in [-0.3, -0.25) is 19.3 Å². The summed E-state index contributed by atoms with van der Waals surface area (Å²) in [6, 6.07) is 8.19. The smallest absolute Gasteiger partial charge is 0.303 e. The Labute approximate surface area is 296 Å². The van der Waals surface area contributed by atoms with Crippen molar-refractivity contribution in [2.45, 2.75) is 80.1 Å². The number of aliphatic hydroxyl groups is 3. The number of allylic oxidation sites excluding steroid dienone is 4. The van der Waals surface area contributed by atoms with Gasteiger partial charge in [0, 0.05) is 34.9 Å². The number of H-pyrrole nitrogens is 2. The molecule has 51 heavy (non-hydrogen) atoms. The Morgan fingerprint density at radius 3 is 1.41 bits per heavy atom. The van der Waals surface area contributed by atoms with Crippen molar-refractivity contribution in [2.75, 3.05) is 20.1 Å². The molecule has 5 rings (SSSR count). The molecule has 0 aromatic carbocycles. The fourth-order valence-electron chi connectivity index (χ4n) is 6.52. The molecule has 3 aromatic rings. The third-order valence-electron chi connectivity index (χ3n) is 9.51. The zero-order chi connectivity index (χ0) is 37.6. The monoisotopic (exact) mass is 701 g/mol. The minimum atomic E-state index is -0.869. The minimum absolute atomic E-state index is 0.0138. The number of nitrogens with one attached hydrogen (secondary N) is 2. The van der Waals surface area contributed by atoms with Gasteiger partial charge in [0.1, 0.15) is 20.1 Å². The van der Waals surface area contributed by atoms with E-state index in [9.17, 15) is 24.6 Å². The standard InChI is InChI=1S/C34H38N4O4.C4H9NO4/c1-7-21-17(3)25-13-26-19(5)23(9-11-33(39)40)31(37-26)16-32-24(10-12-34(41)42)20(6)28(38-32)15-30-22(8-2)18(4)27(36-30)14-29(21)35-25;6-1-4(9)5(2-7)3-8/h13-16,35-36H,7-12H2,1-6H3,(H,39,40)(H,41,42);6-8H,1-3H2. The molecule has 1 amide bonds. The van der Waals surface area contributed by atoms with E-state index < -0.39 is 37.9 Å². The third-order valence-corrected chi connectivity index (χ3v) is 9.51. The van der Waals surface area contributed by atoms with E-state index in [1.807, 2.05) is 26.0 Å². The van der Waals surface area contributed by atoms with Crippen LogP contribution in [0.2, 0.25) is 0 Å². The molecule has 13 nitrogen and oxygen atoms in total. The van der Waals surface area contributed by atoms with Crippen molar-refractivity contribution in [2.24, 2.45) is 0 Å². The van der Waals surface area contributed by atoms with Crippen molar-refractivity contribution in [3.8, 4) is 0 Å². The topological polar surface area (TPSA) is 213 Å². The van der Waals surface area contributed by atoms with Gasteiger partial charge in [0.25, 0.3) is 5.91 Å². The highest BCUT2D eigenvalue weighted by Gasteiger charge is 2.23. The summed E-state index contributed by atoms with van der Waals surface area (Å²) in [6.45, 7) is 10.7. The van der Waals surface area contributed by atoms with Crippen LogP contribution in [0.3, 0.4) is 0 Å². The van der Waals surface area contributed by atoms with Gasteiger partial charge < -0.3 is 35.5 Å². The predicted molar refractivity (Wildman–Crippen MR) is 196 cm³/mol. The highest BCUT2D eigenvalue weighted by molar-refractivity contribution is 5.96. The number of hydrogen-bond donors (Lipinski definition) is 7. The average Bonchev–Trinajstić information content (AvgIpc) is 3.76. The molecule has 0 spiro atoms. The average molecular weight is 702 g/mol. The summed E-state index contributed by atoms with van der Waals surface area (Å²) in [7, 11) is 0. The van der Waals surface area contributed by atoms with E-state index in [0.29, 0.717) is 29.1 Å². The number of carbonyl (C=O) groups excluding carboxylic acids is 1. The molecular weight excluding hydrogens is 654 g/mol. The number of hydrogen-bond acceptors (Lipinski definition) is 8. The van der Waals surface area contributed by atoms with Gasteiger partial charge in [-0.05, 0) is 122 Å². The Bertz CT molecular complexity index is 2070. The van der Waals surface area contributed by atoms with Crippen LogP contribution in [0.25, 0.3) is 44.4 Å². The van der Waals surface area contributed by atoms with E-state index >= 15 is 0 Å². The van der Waals surface area contributed by atoms with Crippen LogP contribution in [0.1, 0.15) is 98.4 Å². The van der Waals surface area contributed by atoms with Crippen molar-refractivity contribution in [3.05, 3.63) is 69.3 Å². The van der Waals surface area contributed by atoms with Crippen LogP contribution in [0.5, 0.6) is 0 Å². The summed E-state index contributed by atoms with van der Waals surface area (Å²) in [4.78, 5) is 51.4. The molecule has 0 saturated carbocycles. The van der Waals surface area contributed by atoms with Crippen molar-refractivity contribution in [3.63, 3.8) is 0 Å². The van der Waals surface area contributed by atoms with E-state index in [2.05, 4.69) is 49.8 Å². The lowest BCUT2D eigenvalue weighted by Gasteiger charge is -2.13. The number of amides is 1. The number of aryl methyl sites for hydroxylation is 4. The van der Waals surface area contributed by atoms with Crippen LogP contribution < -0.4 is 0 Å². The predicted octanol–water partition coefficient (Wildman–Crippen LogP) is 5.35. The first-order valence-corrected chi connectivity index (χ1v) is 17.0. The highest BCUT2D eigenvalue weighted by atomic mass is 16.4. The second kappa shape index (κ2) is 16.7. The summed E-state index contributed by atoms with van der Waals surface area (Å²) in [5.74, 6) is -2.43. The van der Waals surface area contributed by atoms with Crippen molar-refractivity contribution in [1.82, 2.24) is 24.8 Å². The van der Waals surface area contributed by atoms with E-state index in [4.69, 9.17) is 25.3 Å². The minimum Gasteiger partial charge on any atom is -0.481 e. The summed E-state index contributed by atoms with van der Waals surface area (Å²) < 4.78 is 0. The first kappa shape index (κ1) is 38.7. The van der Waals surface area contributed by atoms with Gasteiger partial charge in [-0.2, -0.15) is 0 Å². The van der Waals surface area contributed by atoms with E-state index in [0.717, 1.165) is 74.2 Å². The molecule has 5 heterocycles. The SMILES string of the molecule is CCc1c(C)c2cc3[nH]c(cc4nc(cc5nc(cc1[nH]2)C(C)=C5CCC(=O)O)C(CCC(=O)O)=C4C)c(C)c3CC.O=C(CO)N(CO)CO. The van der Waals surface area contributed by atoms with Crippen molar-refractivity contribution < 1.29 is 39.9 Å². The van der Waals surface area contributed by atoms with Gasteiger partial charge in [-0.15, -0.1) is 0 Å². The number of fused-ring (bicyclic) bond motifs is 8. The maximum Gasteiger partial charge on any atom is 0.303 e. The lowest BCUT2D eigenvalue weighted by Crippen LogP contribution is -2.34. The van der Waals surface area contributed by atoms with Crippen LogP contribution in [-0.4, -0.2) is 88.3 Å². The maximum absolute atomic E-state index is 11.5. The molecule has 13 heteroatoms. The molecule has 0 atom stereocenters. The Hall–Kier alpha value is -5.11. The first-order valence-electron chi connectivity index (χ1n) is 17.0. The van der Waals surface area contributed by atoms with Crippen molar-refractivity contribution >= 4 is 62.2 Å². The maximum atomic E-state index is 11.5. The van der Waals surface area contributed by atoms with Gasteiger partial charge >= 0.3 is 11.9 Å². The Kier molecular flexibility index (Phi) is 12.7. The molecule has 2 aliphatic heterocycles. The van der Waals surface area contributed by atoms with Gasteiger partial charge in [-0.25, -0.2) is 9.97 Å². The number of aromatic amines is 2. The Balaban J connectivity index is 0.000000573. The van der Waals surface area contributed by atoms with Crippen LogP contribution >= 0.6 is 0 Å². The normalized spacial score (nSPS) is 12.6. The van der Waals surface area contributed by atoms with Gasteiger partial charge in [0.2, 0.25) is 0 Å². The number of nitrogens with zero attached hydrogens (tertiary/aromatic N) is 3. The third kappa shape index (κ3) is 8.44. The molecule has 7 N–H and O–H groups in total. The molecule has 2 aliphatic rings. The quantitative estimate of drug-likeness (QED) is 0.127. The van der Waals surface area contributed by atoms with E-state index in [-0.39, 0.29) is 12.8 Å². The molecule has 0 unspecified atom stereocenters. The zero-order valence-electron chi connectivity index (χ0n) is 30.0. The van der Waals surface area contributed by atoms with Gasteiger partial charge in [0.15, 0.2) is 0 Å². The van der Waals surface area contributed by atoms with Crippen LogP contribution in [-0.2, 0) is 27.2 Å². The molecule has 8 bridgehead atoms.